The second-order valence-corrected chi connectivity index (χ2v) is 7.39. The van der Waals surface area contributed by atoms with E-state index in [9.17, 15) is 34.6 Å². The summed E-state index contributed by atoms with van der Waals surface area (Å²) < 4.78 is 6.06. The Hall–Kier alpha value is -4.87. The van der Waals surface area contributed by atoms with Crippen molar-refractivity contribution in [3.8, 4) is 0 Å². The Kier molecular flexibility index (Phi) is 8.01. The van der Waals surface area contributed by atoms with Crippen molar-refractivity contribution in [3.05, 3.63) is 115 Å². The highest BCUT2D eigenvalue weighted by molar-refractivity contribution is 5.85. The third-order valence-corrected chi connectivity index (χ3v) is 4.99. The highest BCUT2D eigenvalue weighted by atomic mass is 16.6. The van der Waals surface area contributed by atoms with E-state index in [-0.39, 0.29) is 13.0 Å². The molecule has 0 aliphatic carbocycles. The molecule has 0 saturated carbocycles. The van der Waals surface area contributed by atoms with Gasteiger partial charge in [0.1, 0.15) is 19.2 Å². The molecule has 180 valence electrons. The van der Waals surface area contributed by atoms with Crippen LogP contribution in [0.1, 0.15) is 17.2 Å². The van der Waals surface area contributed by atoms with Crippen LogP contribution in [-0.4, -0.2) is 32.8 Å². The zero-order chi connectivity index (χ0) is 25.4. The summed E-state index contributed by atoms with van der Waals surface area (Å²) in [6.45, 7) is -0.498. The van der Waals surface area contributed by atoms with E-state index in [1.54, 1.807) is 54.6 Å². The SMILES string of the molecule is O=C(CNC(=O)[C@H](Cc1ccccc1)n1cc([N+](=O)[O-])c(=O)c([N+](=O)[O-])c1)OCc1ccccc1. The molecule has 1 heterocycles. The van der Waals surface area contributed by atoms with Gasteiger partial charge in [-0.1, -0.05) is 60.7 Å². The summed E-state index contributed by atoms with van der Waals surface area (Å²) in [5.74, 6) is -1.48. The molecule has 3 rings (SSSR count). The molecule has 12 heteroatoms. The maximum absolute atomic E-state index is 13.0. The van der Waals surface area contributed by atoms with Crippen LogP contribution in [0.25, 0.3) is 0 Å². The summed E-state index contributed by atoms with van der Waals surface area (Å²) in [6, 6.07) is 16.2. The van der Waals surface area contributed by atoms with Crippen molar-refractivity contribution in [2.24, 2.45) is 0 Å². The molecule has 0 radical (unpaired) electrons. The summed E-state index contributed by atoms with van der Waals surface area (Å²) in [5.41, 5.74) is -2.08. The van der Waals surface area contributed by atoms with Crippen LogP contribution in [0, 0.1) is 20.2 Å². The number of nitro groups is 2. The fourth-order valence-corrected chi connectivity index (χ4v) is 3.25. The molecule has 0 fully saturated rings. The molecule has 0 aliphatic rings. The van der Waals surface area contributed by atoms with E-state index in [2.05, 4.69) is 5.32 Å². The Morgan fingerprint density at radius 3 is 1.91 bits per heavy atom. The molecular weight excluding hydrogens is 460 g/mol. The van der Waals surface area contributed by atoms with Gasteiger partial charge in [0.25, 0.3) is 0 Å². The van der Waals surface area contributed by atoms with Gasteiger partial charge in [-0.25, -0.2) is 0 Å². The number of aromatic nitrogens is 1. The van der Waals surface area contributed by atoms with Gasteiger partial charge in [-0.2, -0.15) is 0 Å². The largest absolute Gasteiger partial charge is 0.460 e. The van der Waals surface area contributed by atoms with E-state index in [1.165, 1.54) is 0 Å². The quantitative estimate of drug-likeness (QED) is 0.262. The number of benzene rings is 2. The van der Waals surface area contributed by atoms with Crippen LogP contribution in [0.3, 0.4) is 0 Å². The Morgan fingerprint density at radius 2 is 1.40 bits per heavy atom. The number of pyridine rings is 1. The van der Waals surface area contributed by atoms with Crippen LogP contribution >= 0.6 is 0 Å². The Morgan fingerprint density at radius 1 is 0.886 bits per heavy atom. The smallest absolute Gasteiger partial charge is 0.339 e. The first-order valence-corrected chi connectivity index (χ1v) is 10.3. The van der Waals surface area contributed by atoms with E-state index >= 15 is 0 Å². The Labute approximate surface area is 198 Å². The Bertz CT molecular complexity index is 1250. The molecule has 0 bridgehead atoms. The number of nitrogens with one attached hydrogen (secondary N) is 1. The van der Waals surface area contributed by atoms with Crippen molar-refractivity contribution in [2.45, 2.75) is 19.1 Å². The van der Waals surface area contributed by atoms with Crippen molar-refractivity contribution < 1.29 is 24.2 Å². The number of esters is 1. The minimum absolute atomic E-state index is 0.00108. The van der Waals surface area contributed by atoms with Gasteiger partial charge < -0.3 is 14.6 Å². The topological polar surface area (TPSA) is 164 Å². The third-order valence-electron chi connectivity index (χ3n) is 4.99. The lowest BCUT2D eigenvalue weighted by molar-refractivity contribution is -0.397. The molecule has 0 unspecified atom stereocenters. The van der Waals surface area contributed by atoms with Crippen molar-refractivity contribution in [3.63, 3.8) is 0 Å². The minimum atomic E-state index is -1.38. The normalized spacial score (nSPS) is 11.3. The number of hydrogen-bond acceptors (Lipinski definition) is 8. The van der Waals surface area contributed by atoms with Gasteiger partial charge >= 0.3 is 22.8 Å². The van der Waals surface area contributed by atoms with E-state index < -0.39 is 51.1 Å². The van der Waals surface area contributed by atoms with Gasteiger partial charge in [0.15, 0.2) is 0 Å². The molecular formula is C23H20N4O8. The fourth-order valence-electron chi connectivity index (χ4n) is 3.25. The summed E-state index contributed by atoms with van der Waals surface area (Å²) in [7, 11) is 0. The zero-order valence-corrected chi connectivity index (χ0v) is 18.2. The van der Waals surface area contributed by atoms with E-state index in [4.69, 9.17) is 4.74 Å². The number of hydrogen-bond donors (Lipinski definition) is 1. The lowest BCUT2D eigenvalue weighted by atomic mass is 10.0. The van der Waals surface area contributed by atoms with Crippen molar-refractivity contribution >= 4 is 23.3 Å². The van der Waals surface area contributed by atoms with Crippen LogP contribution in [0.2, 0.25) is 0 Å². The second-order valence-electron chi connectivity index (χ2n) is 7.39. The van der Waals surface area contributed by atoms with Crippen LogP contribution < -0.4 is 10.7 Å². The van der Waals surface area contributed by atoms with Crippen LogP contribution in [0.15, 0.2) is 77.9 Å². The average molecular weight is 480 g/mol. The van der Waals surface area contributed by atoms with Crippen LogP contribution in [-0.2, 0) is 27.4 Å². The van der Waals surface area contributed by atoms with Gasteiger partial charge in [-0.15, -0.1) is 0 Å². The second kappa shape index (κ2) is 11.3. The summed E-state index contributed by atoms with van der Waals surface area (Å²) in [4.78, 5) is 57.7. The number of rotatable bonds is 10. The molecule has 1 N–H and O–H groups in total. The number of amides is 1. The van der Waals surface area contributed by atoms with Crippen molar-refractivity contribution in [2.75, 3.05) is 6.54 Å². The lowest BCUT2D eigenvalue weighted by Gasteiger charge is -2.20. The molecule has 1 aromatic heterocycles. The molecule has 35 heavy (non-hydrogen) atoms. The summed E-state index contributed by atoms with van der Waals surface area (Å²) in [5, 5.41) is 25.0. The van der Waals surface area contributed by atoms with Crippen LogP contribution in [0.4, 0.5) is 11.4 Å². The number of carbonyl (C=O) groups is 2. The predicted octanol–water partition coefficient (Wildman–Crippen LogP) is 2.31. The molecule has 1 atom stereocenters. The van der Waals surface area contributed by atoms with Crippen molar-refractivity contribution in [1.29, 1.82) is 0 Å². The standard InChI is InChI=1S/C23H20N4O8/c28-21(35-15-17-9-5-2-6-10-17)12-24-23(30)18(11-16-7-3-1-4-8-16)25-13-19(26(31)32)22(29)20(14-25)27(33)34/h1-10,13-14,18H,11-12,15H2,(H,24,30)/t18-/m0/s1. The maximum atomic E-state index is 13.0. The summed E-state index contributed by atoms with van der Waals surface area (Å²) in [6.07, 6.45) is 1.52. The van der Waals surface area contributed by atoms with Gasteiger partial charge in [-0.3, -0.25) is 34.6 Å². The molecule has 0 saturated heterocycles. The Balaban J connectivity index is 1.84. The first-order chi connectivity index (χ1) is 16.8. The minimum Gasteiger partial charge on any atom is -0.460 e. The van der Waals surface area contributed by atoms with Gasteiger partial charge in [0, 0.05) is 6.42 Å². The highest BCUT2D eigenvalue weighted by Gasteiger charge is 2.29. The zero-order valence-electron chi connectivity index (χ0n) is 18.2. The predicted molar refractivity (Wildman–Crippen MR) is 122 cm³/mol. The highest BCUT2D eigenvalue weighted by Crippen LogP contribution is 2.20. The third kappa shape index (κ3) is 6.57. The first kappa shape index (κ1) is 24.8. The first-order valence-electron chi connectivity index (χ1n) is 10.3. The van der Waals surface area contributed by atoms with Crippen molar-refractivity contribution in [1.82, 2.24) is 9.88 Å². The van der Waals surface area contributed by atoms with Gasteiger partial charge in [0.2, 0.25) is 5.91 Å². The maximum Gasteiger partial charge on any atom is 0.339 e. The molecule has 3 aromatic rings. The number of nitrogens with zero attached hydrogens (tertiary/aromatic N) is 3. The van der Waals surface area contributed by atoms with Crippen LogP contribution in [0.5, 0.6) is 0 Å². The fraction of sp³-hybridized carbons (Fsp3) is 0.174. The van der Waals surface area contributed by atoms with E-state index in [0.29, 0.717) is 5.56 Å². The van der Waals surface area contributed by atoms with E-state index in [1.807, 2.05) is 6.07 Å². The molecule has 2 aromatic carbocycles. The van der Waals surface area contributed by atoms with Gasteiger partial charge in [-0.05, 0) is 11.1 Å². The lowest BCUT2D eigenvalue weighted by Crippen LogP contribution is -2.38. The molecule has 1 amide bonds. The average Bonchev–Trinajstić information content (AvgIpc) is 2.85. The van der Waals surface area contributed by atoms with E-state index in [0.717, 1.165) is 22.5 Å². The molecule has 0 aliphatic heterocycles. The monoisotopic (exact) mass is 480 g/mol. The van der Waals surface area contributed by atoms with Gasteiger partial charge in [0.05, 0.1) is 22.2 Å². The number of carbonyl (C=O) groups excluding carboxylic acids is 2. The summed E-state index contributed by atoms with van der Waals surface area (Å²) >= 11 is 0. The number of ether oxygens (including phenoxy) is 1. The molecule has 0 spiro atoms. The molecule has 12 nitrogen and oxygen atoms in total.